The predicted molar refractivity (Wildman–Crippen MR) is 96.1 cm³/mol. The van der Waals surface area contributed by atoms with Gasteiger partial charge in [0.15, 0.2) is 5.82 Å². The summed E-state index contributed by atoms with van der Waals surface area (Å²) < 4.78 is 12.0. The van der Waals surface area contributed by atoms with Crippen LogP contribution in [0, 0.1) is 0 Å². The lowest BCUT2D eigenvalue weighted by molar-refractivity contribution is 0.0990. The van der Waals surface area contributed by atoms with Crippen molar-refractivity contribution in [1.29, 1.82) is 0 Å². The number of primary amides is 1. The van der Waals surface area contributed by atoms with Crippen molar-refractivity contribution < 1.29 is 14.3 Å². The van der Waals surface area contributed by atoms with Gasteiger partial charge in [-0.05, 0) is 27.8 Å². The number of carbonyl (C=O) groups is 1. The van der Waals surface area contributed by atoms with Crippen LogP contribution in [0.2, 0.25) is 0 Å². The molecule has 28 heavy (non-hydrogen) atoms. The Hall–Kier alpha value is -3.94. The molecular weight excluding hydrogens is 388 g/mol. The van der Waals surface area contributed by atoms with E-state index in [1.165, 1.54) is 22.3 Å². The summed E-state index contributed by atoms with van der Waals surface area (Å²) in [6.45, 7) is 0. The van der Waals surface area contributed by atoms with Crippen LogP contribution in [0.4, 0.5) is 0 Å². The van der Waals surface area contributed by atoms with Crippen LogP contribution in [0.15, 0.2) is 29.9 Å². The molecule has 4 aromatic rings. The Kier molecular flexibility index (Phi) is 5.81. The van der Waals surface area contributed by atoms with Crippen molar-refractivity contribution in [2.24, 2.45) is 5.73 Å². The number of nitrogens with zero attached hydrogens (tertiary/aromatic N) is 8. The lowest BCUT2D eigenvalue weighted by Gasteiger charge is -2.06. The molecule has 4 rings (SSSR count). The molecule has 144 valence electrons. The van der Waals surface area contributed by atoms with Crippen LogP contribution in [0.1, 0.15) is 10.6 Å². The molecule has 0 aliphatic heterocycles. The maximum absolute atomic E-state index is 10.1. The summed E-state index contributed by atoms with van der Waals surface area (Å²) in [7, 11) is 3.24. The molecule has 0 saturated heterocycles. The maximum atomic E-state index is 10.1. The zero-order valence-corrected chi connectivity index (χ0v) is 15.5. The molecule has 1 aromatic carbocycles. The van der Waals surface area contributed by atoms with Gasteiger partial charge in [-0.1, -0.05) is 0 Å². The van der Waals surface area contributed by atoms with Crippen LogP contribution >= 0.6 is 11.3 Å². The molecule has 0 aliphatic carbocycles. The molecule has 0 spiro atoms. The van der Waals surface area contributed by atoms with Gasteiger partial charge >= 0.3 is 0 Å². The number of ether oxygens (including phenoxy) is 2. The van der Waals surface area contributed by atoms with Gasteiger partial charge in [0.1, 0.15) is 22.8 Å². The van der Waals surface area contributed by atoms with E-state index in [4.69, 9.17) is 15.2 Å². The highest BCUT2D eigenvalue weighted by Crippen LogP contribution is 2.32. The van der Waals surface area contributed by atoms with Gasteiger partial charge in [-0.25, -0.2) is 4.98 Å². The first-order chi connectivity index (χ1) is 13.6. The third-order valence-electron chi connectivity index (χ3n) is 3.24. The van der Waals surface area contributed by atoms with E-state index in [1.54, 1.807) is 14.2 Å². The maximum Gasteiger partial charge on any atom is 0.290 e. The largest absolute Gasteiger partial charge is 0.497 e. The Morgan fingerprint density at radius 1 is 1.21 bits per heavy atom. The van der Waals surface area contributed by atoms with E-state index in [1.807, 2.05) is 23.6 Å². The van der Waals surface area contributed by atoms with Crippen LogP contribution in [0.5, 0.6) is 11.5 Å². The van der Waals surface area contributed by atoms with Gasteiger partial charge in [0.25, 0.3) is 11.7 Å². The Bertz CT molecular complexity index is 1010. The Morgan fingerprint density at radius 2 is 1.96 bits per heavy atom. The van der Waals surface area contributed by atoms with Crippen molar-refractivity contribution in [3.63, 3.8) is 0 Å². The third kappa shape index (κ3) is 4.42. The molecule has 13 nitrogen and oxygen atoms in total. The van der Waals surface area contributed by atoms with E-state index >= 15 is 0 Å². The minimum absolute atomic E-state index is 0.0926. The highest BCUT2D eigenvalue weighted by atomic mass is 32.1. The first-order valence-electron chi connectivity index (χ1n) is 7.56. The van der Waals surface area contributed by atoms with Crippen molar-refractivity contribution in [2.45, 2.75) is 0 Å². The molecule has 0 radical (unpaired) electrons. The fourth-order valence-electron chi connectivity index (χ4n) is 1.97. The molecule has 0 unspecified atom stereocenters. The van der Waals surface area contributed by atoms with Gasteiger partial charge in [-0.3, -0.25) is 4.79 Å². The lowest BCUT2D eigenvalue weighted by Crippen LogP contribution is -2.12. The predicted octanol–water partition coefficient (Wildman–Crippen LogP) is 0.102. The number of nitrogens with one attached hydrogen (secondary N) is 1. The summed E-state index contributed by atoms with van der Waals surface area (Å²) >= 11 is 1.50. The molecule has 3 heterocycles. The first kappa shape index (κ1) is 18.8. The minimum Gasteiger partial charge on any atom is -0.497 e. The number of thiazole rings is 1. The summed E-state index contributed by atoms with van der Waals surface area (Å²) in [6, 6.07) is 5.63. The fourth-order valence-corrected chi connectivity index (χ4v) is 2.74. The van der Waals surface area contributed by atoms with E-state index < -0.39 is 5.91 Å². The molecule has 0 bridgehead atoms. The second-order valence-corrected chi connectivity index (χ2v) is 5.82. The molecule has 0 atom stereocenters. The van der Waals surface area contributed by atoms with E-state index in [0.717, 1.165) is 22.1 Å². The summed E-state index contributed by atoms with van der Waals surface area (Å²) in [5, 5.41) is 25.5. The molecular formula is C14H14N10O3S. The smallest absolute Gasteiger partial charge is 0.290 e. The SMILES string of the molecule is COc1cc(OC)cc(-c2nc(-n3cnnn3)cs2)c1.NC(=O)c1nn[nH]n1. The summed E-state index contributed by atoms with van der Waals surface area (Å²) in [5.74, 6) is 1.34. The number of carbonyl (C=O) groups excluding carboxylic acids is 1. The van der Waals surface area contributed by atoms with E-state index in [0.29, 0.717) is 5.82 Å². The highest BCUT2D eigenvalue weighted by Gasteiger charge is 2.10. The van der Waals surface area contributed by atoms with Gasteiger partial charge in [0.2, 0.25) is 0 Å². The molecule has 0 fully saturated rings. The van der Waals surface area contributed by atoms with Crippen molar-refractivity contribution in [3.8, 4) is 27.9 Å². The number of hydrogen-bond donors (Lipinski definition) is 2. The van der Waals surface area contributed by atoms with Gasteiger partial charge in [0.05, 0.1) is 14.2 Å². The minimum atomic E-state index is -0.682. The fraction of sp³-hybridized carbons (Fsp3) is 0.143. The number of methoxy groups -OCH3 is 2. The number of benzene rings is 1. The number of rotatable bonds is 5. The van der Waals surface area contributed by atoms with Crippen molar-refractivity contribution in [2.75, 3.05) is 14.2 Å². The molecule has 0 saturated carbocycles. The zero-order valence-electron chi connectivity index (χ0n) is 14.7. The lowest BCUT2D eigenvalue weighted by atomic mass is 10.2. The molecule has 3 N–H and O–H groups in total. The van der Waals surface area contributed by atoms with Gasteiger partial charge < -0.3 is 15.2 Å². The molecule has 14 heteroatoms. The van der Waals surface area contributed by atoms with Crippen molar-refractivity contribution >= 4 is 17.2 Å². The van der Waals surface area contributed by atoms with E-state index in [-0.39, 0.29) is 5.82 Å². The number of amides is 1. The quantitative estimate of drug-likeness (QED) is 0.466. The number of H-pyrrole nitrogens is 1. The zero-order chi connectivity index (χ0) is 19.9. The summed E-state index contributed by atoms with van der Waals surface area (Å²) in [4.78, 5) is 14.6. The van der Waals surface area contributed by atoms with Gasteiger partial charge in [-0.2, -0.15) is 9.90 Å². The molecule has 0 aliphatic rings. The second-order valence-electron chi connectivity index (χ2n) is 4.97. The van der Waals surface area contributed by atoms with Crippen molar-refractivity contribution in [3.05, 3.63) is 35.7 Å². The number of tetrazole rings is 2. The second kappa shape index (κ2) is 8.63. The molecule has 1 amide bonds. The summed E-state index contributed by atoms with van der Waals surface area (Å²) in [6.07, 6.45) is 1.50. The Morgan fingerprint density at radius 3 is 2.46 bits per heavy atom. The standard InChI is InChI=1S/C12H11N5O2S.C2H3N5O/c1-18-9-3-8(4-10(5-9)19-2)12-14-11(6-20-12)17-7-13-15-16-17;3-1(8)2-4-6-7-5-2/h3-7H,1-2H3;(H2,3,8)(H,4,5,6,7). The number of aromatic nitrogens is 9. The van der Waals surface area contributed by atoms with Crippen LogP contribution in [-0.2, 0) is 0 Å². The number of nitrogens with two attached hydrogens (primary N) is 1. The van der Waals surface area contributed by atoms with Crippen LogP contribution in [-0.4, -0.2) is 65.9 Å². The Labute approximate surface area is 161 Å². The normalized spacial score (nSPS) is 10.1. The average Bonchev–Trinajstić information content (AvgIpc) is 3.49. The average molecular weight is 402 g/mol. The van der Waals surface area contributed by atoms with Crippen LogP contribution < -0.4 is 15.2 Å². The van der Waals surface area contributed by atoms with Gasteiger partial charge in [0, 0.05) is 17.0 Å². The topological polar surface area (TPSA) is 172 Å². The number of hydrogen-bond acceptors (Lipinski definition) is 11. The van der Waals surface area contributed by atoms with E-state index in [2.05, 4.69) is 41.1 Å². The highest BCUT2D eigenvalue weighted by molar-refractivity contribution is 7.13. The Balaban J connectivity index is 0.000000236. The van der Waals surface area contributed by atoms with Crippen LogP contribution in [0.3, 0.4) is 0 Å². The summed E-state index contributed by atoms with van der Waals surface area (Å²) in [5.41, 5.74) is 5.66. The van der Waals surface area contributed by atoms with Crippen LogP contribution in [0.25, 0.3) is 16.4 Å². The monoisotopic (exact) mass is 402 g/mol. The molecule has 3 aromatic heterocycles. The van der Waals surface area contributed by atoms with E-state index in [9.17, 15) is 4.79 Å². The van der Waals surface area contributed by atoms with Gasteiger partial charge in [-0.15, -0.1) is 26.6 Å². The van der Waals surface area contributed by atoms with Crippen molar-refractivity contribution in [1.82, 2.24) is 45.8 Å². The number of aromatic amines is 1. The first-order valence-corrected chi connectivity index (χ1v) is 8.44. The third-order valence-corrected chi connectivity index (χ3v) is 4.12.